The van der Waals surface area contributed by atoms with Gasteiger partial charge in [0.1, 0.15) is 30.4 Å². The van der Waals surface area contributed by atoms with Crippen LogP contribution in [-0.2, 0) is 47.4 Å². The van der Waals surface area contributed by atoms with Crippen LogP contribution in [0.25, 0.3) is 5.32 Å². The number of halogens is 1. The van der Waals surface area contributed by atoms with Crippen LogP contribution in [0.2, 0.25) is 0 Å². The summed E-state index contributed by atoms with van der Waals surface area (Å²) in [5, 5.41) is 42.6. The number of anilines is 3. The molecule has 0 saturated carbocycles. The van der Waals surface area contributed by atoms with Gasteiger partial charge in [0.2, 0.25) is 11.9 Å². The molecule has 0 fully saturated rings. The van der Waals surface area contributed by atoms with E-state index in [0.29, 0.717) is 24.3 Å². The number of hydrazone groups is 1. The van der Waals surface area contributed by atoms with Gasteiger partial charge in [-0.25, -0.2) is 25.3 Å². The summed E-state index contributed by atoms with van der Waals surface area (Å²) >= 11 is 0. The van der Waals surface area contributed by atoms with Crippen LogP contribution < -0.4 is 139 Å². The fourth-order valence-corrected chi connectivity index (χ4v) is 5.70. The van der Waals surface area contributed by atoms with Gasteiger partial charge in [-0.3, -0.25) is 5.43 Å². The average molecular weight is 953 g/mol. The van der Waals surface area contributed by atoms with Crippen LogP contribution in [0.4, 0.5) is 39.0 Å². The molecule has 0 saturated heterocycles. The third-order valence-electron chi connectivity index (χ3n) is 6.57. The topological polar surface area (TPSA) is 349 Å². The summed E-state index contributed by atoms with van der Waals surface area (Å²) in [7, 11) is -15.3. The molecule has 5 aromatic rings. The zero-order valence-corrected chi connectivity index (χ0v) is 41.9. The number of hydrogen-bond donors (Lipinski definition) is 2. The molecular formula is C29H16CuFN9Na4O12S3. The second-order valence-corrected chi connectivity index (χ2v) is 14.4. The molecular weight excluding hydrogens is 937 g/mol. The van der Waals surface area contributed by atoms with Crippen molar-refractivity contribution in [1.82, 2.24) is 15.0 Å². The maximum absolute atomic E-state index is 14.4. The number of rotatable bonds is 12. The van der Waals surface area contributed by atoms with Gasteiger partial charge >= 0.3 is 135 Å². The molecule has 30 heteroatoms. The van der Waals surface area contributed by atoms with E-state index in [1.165, 1.54) is 36.4 Å². The van der Waals surface area contributed by atoms with Gasteiger partial charge in [-0.1, -0.05) is 42.1 Å². The number of amidine groups is 1. The molecule has 0 aliphatic carbocycles. The van der Waals surface area contributed by atoms with Crippen LogP contribution in [-0.4, -0.2) is 65.7 Å². The van der Waals surface area contributed by atoms with Crippen LogP contribution in [0.5, 0.6) is 5.75 Å². The number of carboxylic acids is 1. The number of hydrogen-bond acceptors (Lipinski definition) is 19. The van der Waals surface area contributed by atoms with Gasteiger partial charge in [0.05, 0.1) is 32.0 Å². The minimum absolute atomic E-state index is 0. The van der Waals surface area contributed by atoms with E-state index in [1.807, 2.05) is 0 Å². The summed E-state index contributed by atoms with van der Waals surface area (Å²) in [6.07, 6.45) is -1.49. The normalized spacial score (nSPS) is 11.4. The maximum atomic E-state index is 14.4. The molecule has 1 aromatic heterocycles. The van der Waals surface area contributed by atoms with Crippen LogP contribution in [0.15, 0.2) is 115 Å². The Morgan fingerprint density at radius 3 is 1.93 bits per heavy atom. The van der Waals surface area contributed by atoms with Crippen molar-refractivity contribution in [2.24, 2.45) is 15.3 Å². The summed E-state index contributed by atoms with van der Waals surface area (Å²) in [5.74, 6) is -4.90. The minimum Gasteiger partial charge on any atom is -0.870 e. The summed E-state index contributed by atoms with van der Waals surface area (Å²) in [6.45, 7) is 0. The van der Waals surface area contributed by atoms with Crippen LogP contribution in [0, 0.1) is 6.08 Å². The van der Waals surface area contributed by atoms with Crippen molar-refractivity contribution in [3.05, 3.63) is 107 Å². The number of aromatic nitrogens is 3. The van der Waals surface area contributed by atoms with Crippen molar-refractivity contribution in [2.45, 2.75) is 14.7 Å². The van der Waals surface area contributed by atoms with Crippen molar-refractivity contribution in [3.8, 4) is 5.75 Å². The van der Waals surface area contributed by atoms with Gasteiger partial charge < -0.3 is 49.3 Å². The second kappa shape index (κ2) is 24.0. The average Bonchev–Trinajstić information content (AvgIpc) is 3.08. The van der Waals surface area contributed by atoms with Gasteiger partial charge in [0, 0.05) is 22.8 Å². The molecule has 0 unspecified atom stereocenters. The molecule has 5 rings (SSSR count). The van der Waals surface area contributed by atoms with Crippen molar-refractivity contribution >= 4 is 76.8 Å². The summed E-state index contributed by atoms with van der Waals surface area (Å²) in [6, 6.07) is 14.9. The first-order chi connectivity index (χ1) is 25.3. The van der Waals surface area contributed by atoms with E-state index in [4.69, 9.17) is 0 Å². The van der Waals surface area contributed by atoms with E-state index in [-0.39, 0.29) is 147 Å². The fraction of sp³-hybridized carbons (Fsp3) is 0. The third-order valence-corrected chi connectivity index (χ3v) is 9.05. The monoisotopic (exact) mass is 952 g/mol. The molecule has 21 nitrogen and oxygen atoms in total. The van der Waals surface area contributed by atoms with E-state index in [1.54, 1.807) is 6.07 Å². The zero-order valence-electron chi connectivity index (χ0n) is 30.5. The molecule has 1 heterocycles. The Morgan fingerprint density at radius 1 is 0.729 bits per heavy atom. The number of nitrogens with zero attached hydrogens (tertiary/aromatic N) is 7. The summed E-state index contributed by atoms with van der Waals surface area (Å²) in [4.78, 5) is 19.5. The molecule has 0 aliphatic heterocycles. The number of carboxylic acid groups (broad SMARTS) is 1. The number of nitrogens with one attached hydrogen (secondary N) is 2. The first-order valence-corrected chi connectivity index (χ1v) is 18.4. The minimum atomic E-state index is -5.33. The quantitative estimate of drug-likeness (QED) is 0.0293. The van der Waals surface area contributed by atoms with Gasteiger partial charge in [-0.15, -0.1) is 10.2 Å². The zero-order chi connectivity index (χ0) is 39.4. The van der Waals surface area contributed by atoms with E-state index in [9.17, 15) is 58.3 Å². The Hall–Kier alpha value is -1.99. The Kier molecular flexibility index (Phi) is 23.2. The largest absolute Gasteiger partial charge is 2.00 e. The molecule has 0 aliphatic rings. The summed E-state index contributed by atoms with van der Waals surface area (Å²) < 4.78 is 119. The Labute approximate surface area is 433 Å². The van der Waals surface area contributed by atoms with Gasteiger partial charge in [-0.2, -0.15) is 14.5 Å². The molecule has 0 bridgehead atoms. The number of carbonyl (C=O) groups excluding carboxylic acids is 1. The molecule has 4 aromatic carbocycles. The second-order valence-electron chi connectivity index (χ2n) is 10.3. The molecule has 2 N–H and O–H groups in total. The van der Waals surface area contributed by atoms with E-state index < -0.39 is 103 Å². The van der Waals surface area contributed by atoms with Crippen molar-refractivity contribution in [3.63, 3.8) is 0 Å². The predicted octanol–water partition coefficient (Wildman–Crippen LogP) is -10.2. The number of benzene rings is 4. The number of aromatic carboxylic acids is 1. The standard InChI is InChI=1S/C29H22FN9O12S3.Cu.4Na/c30-27-33-28(31-16-7-4-8-17(11-16)52(43,44)45)35-29(34-27)32-22-13-19(54(49,50)51)14-23(24(22)40)37-39-25(15-5-2-1-3-6-15)38-36-21-12-18(53(46,47)48)9-10-20(21)26(41)42;;;;;/h1-14H,(H8,31,32,33,34,35,36,37,38,39,40,41,42,43,44,45,46,47,48,49,50,51);;;;;/q;+2;4*+1/p-6. The third kappa shape index (κ3) is 16.0. The SMILES string of the molecule is O=C([O-])c1ccc(S(=O)(=O)[O-])cc1N=N/C(=N\Nc1cc(S(=O)(=O)[O-])cc([N-]c2nc(F)nc(Nc3cccc(S(=O)(=O)[O-])c3)n2)c1[O-])c1ccccc1.[Cu+2].[Na+].[Na+].[Na+].[Na+]. The molecule has 289 valence electrons. The van der Waals surface area contributed by atoms with Crippen molar-refractivity contribution < 1.29 is 194 Å². The summed E-state index contributed by atoms with van der Waals surface area (Å²) in [5.41, 5.74) is -0.687. The van der Waals surface area contributed by atoms with Crippen LogP contribution in [0.1, 0.15) is 15.9 Å². The predicted molar refractivity (Wildman–Crippen MR) is 174 cm³/mol. The molecule has 0 atom stereocenters. The van der Waals surface area contributed by atoms with Gasteiger partial charge in [-0.05, 0) is 54.2 Å². The number of carbonyl (C=O) groups is 1. The van der Waals surface area contributed by atoms with Gasteiger partial charge in [0.15, 0.2) is 5.95 Å². The smallest absolute Gasteiger partial charge is 0.870 e. The molecule has 0 amide bonds. The maximum Gasteiger partial charge on any atom is 2.00 e. The van der Waals surface area contributed by atoms with Crippen molar-refractivity contribution in [1.29, 1.82) is 0 Å². The molecule has 59 heavy (non-hydrogen) atoms. The number of azo groups is 1. The molecule has 1 radical (unpaired) electrons. The van der Waals surface area contributed by atoms with Gasteiger partial charge in [0.25, 0.3) is 0 Å². The molecule has 0 spiro atoms. The Morgan fingerprint density at radius 2 is 1.34 bits per heavy atom. The Bertz CT molecular complexity index is 2710. The van der Waals surface area contributed by atoms with E-state index >= 15 is 0 Å². The first kappa shape index (κ1) is 57.0. The van der Waals surface area contributed by atoms with Crippen molar-refractivity contribution in [2.75, 3.05) is 10.7 Å². The first-order valence-electron chi connectivity index (χ1n) is 14.2. The van der Waals surface area contributed by atoms with E-state index in [2.05, 4.69) is 46.3 Å². The van der Waals surface area contributed by atoms with Crippen LogP contribution in [0.3, 0.4) is 0 Å². The Balaban J connectivity index is 0.00000673. The van der Waals surface area contributed by atoms with E-state index in [0.717, 1.165) is 18.2 Å². The fourth-order valence-electron chi connectivity index (χ4n) is 4.18. The van der Waals surface area contributed by atoms with Crippen LogP contribution >= 0.6 is 0 Å².